The van der Waals surface area contributed by atoms with Crippen molar-refractivity contribution in [2.75, 3.05) is 5.32 Å². The maximum atomic E-state index is 12.5. The number of rotatable bonds is 3. The zero-order valence-electron chi connectivity index (χ0n) is 10.8. The number of alkyl halides is 3. The minimum atomic E-state index is -4.53. The molecule has 0 radical (unpaired) electrons. The van der Waals surface area contributed by atoms with Crippen LogP contribution in [0.2, 0.25) is 0 Å². The molecule has 0 aliphatic rings. The normalized spacial score (nSPS) is 10.9. The zero-order valence-corrected chi connectivity index (χ0v) is 10.8. The highest BCUT2D eigenvalue weighted by Gasteiger charge is 2.32. The molecular weight excluding hydrogens is 285 g/mol. The molecule has 0 aliphatic carbocycles. The number of nitrogens with zero attached hydrogens (tertiary/aromatic N) is 5. The Balaban J connectivity index is 2.26. The van der Waals surface area contributed by atoms with Gasteiger partial charge in [-0.05, 0) is 36.2 Å². The summed E-state index contributed by atoms with van der Waals surface area (Å²) in [5, 5.41) is 6.14. The number of anilines is 2. The van der Waals surface area contributed by atoms with Crippen molar-refractivity contribution in [1.82, 2.24) is 9.97 Å². The summed E-state index contributed by atoms with van der Waals surface area (Å²) in [6, 6.07) is 5.51. The van der Waals surface area contributed by atoms with Crippen molar-refractivity contribution in [3.8, 4) is 0 Å². The Morgan fingerprint density at radius 2 is 2.05 bits per heavy atom. The summed E-state index contributed by atoms with van der Waals surface area (Å²) in [5.74, 6) is -0.166. The van der Waals surface area contributed by atoms with Gasteiger partial charge >= 0.3 is 6.18 Å². The molecule has 0 bridgehead atoms. The molecule has 6 nitrogen and oxygen atoms in total. The lowest BCUT2D eigenvalue weighted by Crippen LogP contribution is -2.10. The van der Waals surface area contributed by atoms with Gasteiger partial charge < -0.3 is 5.32 Å². The van der Waals surface area contributed by atoms with Crippen LogP contribution in [0.1, 0.15) is 11.3 Å². The van der Waals surface area contributed by atoms with Crippen LogP contribution < -0.4 is 5.32 Å². The highest BCUT2D eigenvalue weighted by Crippen LogP contribution is 2.28. The summed E-state index contributed by atoms with van der Waals surface area (Å²) in [7, 11) is 0. The van der Waals surface area contributed by atoms with E-state index >= 15 is 0 Å². The van der Waals surface area contributed by atoms with Gasteiger partial charge in [0.05, 0.1) is 0 Å². The van der Waals surface area contributed by atoms with Gasteiger partial charge in [0.25, 0.3) is 0 Å². The summed E-state index contributed by atoms with van der Waals surface area (Å²) >= 11 is 0. The molecule has 9 heteroatoms. The molecule has 0 saturated carbocycles. The molecule has 1 N–H and O–H groups in total. The lowest BCUT2D eigenvalue weighted by Gasteiger charge is -2.09. The van der Waals surface area contributed by atoms with E-state index in [0.29, 0.717) is 16.9 Å². The van der Waals surface area contributed by atoms with Crippen LogP contribution in [0.4, 0.5) is 30.5 Å². The van der Waals surface area contributed by atoms with Crippen molar-refractivity contribution in [3.05, 3.63) is 52.2 Å². The Morgan fingerprint density at radius 1 is 1.29 bits per heavy atom. The van der Waals surface area contributed by atoms with E-state index in [1.807, 2.05) is 0 Å². The minimum absolute atomic E-state index is 0.166. The van der Waals surface area contributed by atoms with E-state index < -0.39 is 11.9 Å². The van der Waals surface area contributed by atoms with E-state index in [9.17, 15) is 13.2 Å². The van der Waals surface area contributed by atoms with Gasteiger partial charge in [0.2, 0.25) is 5.95 Å². The number of aryl methyl sites for hydroxylation is 1. The van der Waals surface area contributed by atoms with Crippen LogP contribution in [0.5, 0.6) is 0 Å². The van der Waals surface area contributed by atoms with Crippen molar-refractivity contribution in [2.45, 2.75) is 13.1 Å². The first-order valence-electron chi connectivity index (χ1n) is 5.73. The molecule has 0 fully saturated rings. The maximum absolute atomic E-state index is 12.5. The van der Waals surface area contributed by atoms with E-state index in [1.54, 1.807) is 25.1 Å². The number of benzene rings is 1. The first-order chi connectivity index (χ1) is 9.90. The Morgan fingerprint density at radius 3 is 2.67 bits per heavy atom. The molecule has 0 unspecified atom stereocenters. The molecule has 2 rings (SSSR count). The third-order valence-corrected chi connectivity index (χ3v) is 2.55. The molecule has 0 spiro atoms. The van der Waals surface area contributed by atoms with Gasteiger partial charge in [-0.15, -0.1) is 0 Å². The Labute approximate surface area is 117 Å². The number of hydrogen-bond donors (Lipinski definition) is 1. The summed E-state index contributed by atoms with van der Waals surface area (Å²) in [5.41, 5.74) is 8.94. The summed E-state index contributed by atoms with van der Waals surface area (Å²) < 4.78 is 37.6. The van der Waals surface area contributed by atoms with Gasteiger partial charge in [0, 0.05) is 22.5 Å². The van der Waals surface area contributed by atoms with Gasteiger partial charge in [-0.2, -0.15) is 13.2 Å². The Hall–Kier alpha value is -2.80. The monoisotopic (exact) mass is 294 g/mol. The van der Waals surface area contributed by atoms with Gasteiger partial charge in [-0.1, -0.05) is 11.2 Å². The molecule has 0 saturated heterocycles. The maximum Gasteiger partial charge on any atom is 0.433 e. The standard InChI is InChI=1S/C12H9F3N6/c1-7-6-8(2-3-9(7)20-21-16)18-11-17-5-4-10(19-11)12(13,14)15/h2-6H,1H3,(H,17,18,19). The van der Waals surface area contributed by atoms with E-state index in [1.165, 1.54) is 0 Å². The molecule has 1 aromatic heterocycles. The Bertz CT molecular complexity index is 706. The molecule has 21 heavy (non-hydrogen) atoms. The van der Waals surface area contributed by atoms with Crippen LogP contribution in [0.15, 0.2) is 35.6 Å². The fourth-order valence-electron chi connectivity index (χ4n) is 1.60. The molecule has 1 heterocycles. The van der Waals surface area contributed by atoms with Crippen molar-refractivity contribution >= 4 is 17.3 Å². The van der Waals surface area contributed by atoms with Crippen molar-refractivity contribution in [3.63, 3.8) is 0 Å². The molecule has 0 atom stereocenters. The first-order valence-corrected chi connectivity index (χ1v) is 5.73. The zero-order chi connectivity index (χ0) is 15.5. The molecule has 108 valence electrons. The van der Waals surface area contributed by atoms with E-state index in [4.69, 9.17) is 5.53 Å². The fourth-order valence-corrected chi connectivity index (χ4v) is 1.60. The van der Waals surface area contributed by atoms with Gasteiger partial charge in [-0.3, -0.25) is 0 Å². The third kappa shape index (κ3) is 3.61. The molecular formula is C12H9F3N6. The predicted octanol–water partition coefficient (Wildman–Crippen LogP) is 4.49. The average molecular weight is 294 g/mol. The predicted molar refractivity (Wildman–Crippen MR) is 70.3 cm³/mol. The number of aromatic nitrogens is 2. The van der Waals surface area contributed by atoms with Crippen LogP contribution in [0, 0.1) is 6.92 Å². The SMILES string of the molecule is Cc1cc(Nc2nccc(C(F)(F)F)n2)ccc1N=[N+]=[N-]. The third-order valence-electron chi connectivity index (χ3n) is 2.55. The van der Waals surface area contributed by atoms with Gasteiger partial charge in [0.15, 0.2) is 0 Å². The molecule has 2 aromatic rings. The van der Waals surface area contributed by atoms with E-state index in [0.717, 1.165) is 12.3 Å². The minimum Gasteiger partial charge on any atom is -0.324 e. The fraction of sp³-hybridized carbons (Fsp3) is 0.167. The van der Waals surface area contributed by atoms with Crippen LogP contribution in [0.25, 0.3) is 10.4 Å². The number of halogens is 3. The largest absolute Gasteiger partial charge is 0.433 e. The van der Waals surface area contributed by atoms with Crippen molar-refractivity contribution in [2.24, 2.45) is 5.11 Å². The van der Waals surface area contributed by atoms with Gasteiger partial charge in [-0.25, -0.2) is 9.97 Å². The van der Waals surface area contributed by atoms with Crippen LogP contribution in [-0.2, 0) is 6.18 Å². The van der Waals surface area contributed by atoms with Gasteiger partial charge in [0.1, 0.15) is 5.69 Å². The Kier molecular flexibility index (Phi) is 3.95. The highest BCUT2D eigenvalue weighted by molar-refractivity contribution is 5.60. The summed E-state index contributed by atoms with van der Waals surface area (Å²) in [6.07, 6.45) is -3.50. The summed E-state index contributed by atoms with van der Waals surface area (Å²) in [4.78, 5) is 9.80. The second-order valence-corrected chi connectivity index (χ2v) is 4.08. The molecule has 1 aromatic carbocycles. The lowest BCUT2D eigenvalue weighted by atomic mass is 10.2. The van der Waals surface area contributed by atoms with Crippen LogP contribution in [-0.4, -0.2) is 9.97 Å². The van der Waals surface area contributed by atoms with Crippen molar-refractivity contribution in [1.29, 1.82) is 0 Å². The number of azide groups is 1. The average Bonchev–Trinajstić information content (AvgIpc) is 2.41. The quantitative estimate of drug-likeness (QED) is 0.514. The number of nitrogens with one attached hydrogen (secondary N) is 1. The van der Waals surface area contributed by atoms with Crippen molar-refractivity contribution < 1.29 is 13.2 Å². The second kappa shape index (κ2) is 5.68. The second-order valence-electron chi connectivity index (χ2n) is 4.08. The topological polar surface area (TPSA) is 86.6 Å². The van der Waals surface area contributed by atoms with E-state index in [2.05, 4.69) is 25.3 Å². The number of hydrogen-bond acceptors (Lipinski definition) is 4. The smallest absolute Gasteiger partial charge is 0.324 e. The molecule has 0 aliphatic heterocycles. The van der Waals surface area contributed by atoms with Crippen LogP contribution in [0.3, 0.4) is 0 Å². The van der Waals surface area contributed by atoms with Crippen LogP contribution >= 0.6 is 0 Å². The molecule has 0 amide bonds. The highest BCUT2D eigenvalue weighted by atomic mass is 19.4. The van der Waals surface area contributed by atoms with E-state index in [-0.39, 0.29) is 5.95 Å². The lowest BCUT2D eigenvalue weighted by molar-refractivity contribution is -0.141. The first kappa shape index (κ1) is 14.6. The summed E-state index contributed by atoms with van der Waals surface area (Å²) in [6.45, 7) is 1.71.